The summed E-state index contributed by atoms with van der Waals surface area (Å²) in [6.07, 6.45) is 6.60. The molecule has 0 heterocycles. The summed E-state index contributed by atoms with van der Waals surface area (Å²) in [6, 6.07) is 0. The maximum Gasteiger partial charge on any atom is 0.0342 e. The highest BCUT2D eigenvalue weighted by molar-refractivity contribution is 5.49. The average Bonchev–Trinajstić information content (AvgIpc) is 3.15. The molecule has 1 atom stereocenters. The highest BCUT2D eigenvalue weighted by Gasteiger charge is 2.23. The fourth-order valence-electron chi connectivity index (χ4n) is 3.02. The molecule has 2 rings (SSSR count). The van der Waals surface area contributed by atoms with E-state index in [-0.39, 0.29) is 0 Å². The predicted molar refractivity (Wildman–Crippen MR) is 84.0 cm³/mol. The molecule has 0 spiro atoms. The Balaban J connectivity index is 2.15. The van der Waals surface area contributed by atoms with E-state index >= 15 is 0 Å². The maximum atomic E-state index is 4.31. The smallest absolute Gasteiger partial charge is 0.0342 e. The van der Waals surface area contributed by atoms with Crippen LogP contribution in [0.4, 0.5) is 0 Å². The summed E-state index contributed by atoms with van der Waals surface area (Å²) in [5.74, 6) is 1.71. The molecule has 1 heteroatoms. The Bertz CT molecular complexity index is 417. The minimum atomic E-state index is 0.810. The Morgan fingerprint density at radius 1 is 1.26 bits per heavy atom. The van der Waals surface area contributed by atoms with Crippen molar-refractivity contribution in [1.82, 2.24) is 5.32 Å². The fourth-order valence-corrected chi connectivity index (χ4v) is 3.02. The zero-order valence-corrected chi connectivity index (χ0v) is 13.1. The van der Waals surface area contributed by atoms with Gasteiger partial charge in [0.25, 0.3) is 0 Å². The Hall–Kier alpha value is -0.980. The van der Waals surface area contributed by atoms with Gasteiger partial charge >= 0.3 is 0 Å². The highest BCUT2D eigenvalue weighted by atomic mass is 14.9. The molecule has 2 aliphatic carbocycles. The maximum absolute atomic E-state index is 4.31. The van der Waals surface area contributed by atoms with Gasteiger partial charge in [0.1, 0.15) is 0 Å². The Morgan fingerprint density at radius 2 is 1.95 bits per heavy atom. The molecule has 0 aromatic heterocycles. The van der Waals surface area contributed by atoms with Gasteiger partial charge in [-0.2, -0.15) is 0 Å². The van der Waals surface area contributed by atoms with Crippen molar-refractivity contribution in [2.45, 2.75) is 59.8 Å². The molecule has 0 radical (unpaired) electrons. The number of rotatable bonds is 5. The van der Waals surface area contributed by atoms with Crippen LogP contribution in [0.1, 0.15) is 59.8 Å². The number of hydrogen-bond acceptors (Lipinski definition) is 1. The van der Waals surface area contributed by atoms with E-state index in [0.29, 0.717) is 0 Å². The quantitative estimate of drug-likeness (QED) is 0.687. The Kier molecular flexibility index (Phi) is 4.54. The number of hydrogen-bond donors (Lipinski definition) is 1. The van der Waals surface area contributed by atoms with E-state index < -0.39 is 0 Å². The zero-order chi connectivity index (χ0) is 14.0. The van der Waals surface area contributed by atoms with E-state index in [0.717, 1.165) is 24.1 Å². The van der Waals surface area contributed by atoms with Crippen molar-refractivity contribution in [2.24, 2.45) is 11.8 Å². The largest absolute Gasteiger partial charge is 0.385 e. The minimum Gasteiger partial charge on any atom is -0.385 e. The van der Waals surface area contributed by atoms with E-state index in [1.165, 1.54) is 43.3 Å². The van der Waals surface area contributed by atoms with Gasteiger partial charge in [0.05, 0.1) is 0 Å². The van der Waals surface area contributed by atoms with Gasteiger partial charge in [-0.3, -0.25) is 0 Å². The molecule has 0 aliphatic heterocycles. The van der Waals surface area contributed by atoms with Crippen molar-refractivity contribution in [1.29, 1.82) is 0 Å². The molecule has 0 aromatic rings. The molecule has 1 N–H and O–H groups in total. The Morgan fingerprint density at radius 3 is 2.53 bits per heavy atom. The topological polar surface area (TPSA) is 12.0 Å². The second kappa shape index (κ2) is 5.98. The van der Waals surface area contributed by atoms with Crippen LogP contribution in [0.15, 0.2) is 34.6 Å². The molecule has 19 heavy (non-hydrogen) atoms. The summed E-state index contributed by atoms with van der Waals surface area (Å²) in [5, 5.41) is 3.57. The summed E-state index contributed by atoms with van der Waals surface area (Å²) in [6.45, 7) is 14.5. The third-order valence-corrected chi connectivity index (χ3v) is 4.48. The summed E-state index contributed by atoms with van der Waals surface area (Å²) in [7, 11) is 0. The first-order valence-corrected chi connectivity index (χ1v) is 7.78. The average molecular weight is 259 g/mol. The summed E-state index contributed by atoms with van der Waals surface area (Å²) in [4.78, 5) is 0. The Labute approximate surface area is 118 Å². The van der Waals surface area contributed by atoms with Crippen LogP contribution in [0.3, 0.4) is 0 Å². The predicted octanol–water partition coefficient (Wildman–Crippen LogP) is 4.97. The van der Waals surface area contributed by atoms with Crippen molar-refractivity contribution in [2.75, 3.05) is 6.54 Å². The molecule has 2 aliphatic rings. The SMILES string of the molecule is C=C(NCC1CC1)C(=C(C)C)C1=C(C)CCC(C)C1. The molecule has 0 bridgehead atoms. The molecule has 106 valence electrons. The van der Waals surface area contributed by atoms with Crippen LogP contribution in [0.5, 0.6) is 0 Å². The normalized spacial score (nSPS) is 23.3. The highest BCUT2D eigenvalue weighted by Crippen LogP contribution is 2.36. The van der Waals surface area contributed by atoms with Crippen molar-refractivity contribution >= 4 is 0 Å². The molecular formula is C18H29N. The number of nitrogens with one attached hydrogen (secondary N) is 1. The summed E-state index contributed by atoms with van der Waals surface area (Å²) in [5.41, 5.74) is 7.09. The third kappa shape index (κ3) is 3.75. The lowest BCUT2D eigenvalue weighted by Gasteiger charge is -2.27. The van der Waals surface area contributed by atoms with Gasteiger partial charge in [-0.25, -0.2) is 0 Å². The van der Waals surface area contributed by atoms with Crippen LogP contribution in [0, 0.1) is 11.8 Å². The molecular weight excluding hydrogens is 230 g/mol. The molecule has 0 aromatic carbocycles. The van der Waals surface area contributed by atoms with E-state index in [4.69, 9.17) is 0 Å². The molecule has 1 saturated carbocycles. The van der Waals surface area contributed by atoms with Crippen molar-refractivity contribution in [3.05, 3.63) is 34.6 Å². The van der Waals surface area contributed by atoms with Crippen molar-refractivity contribution in [3.63, 3.8) is 0 Å². The monoisotopic (exact) mass is 259 g/mol. The third-order valence-electron chi connectivity index (χ3n) is 4.48. The van der Waals surface area contributed by atoms with Gasteiger partial charge in [-0.15, -0.1) is 0 Å². The molecule has 1 fully saturated rings. The van der Waals surface area contributed by atoms with Crippen LogP contribution in [0.25, 0.3) is 0 Å². The lowest BCUT2D eigenvalue weighted by molar-refractivity contribution is 0.498. The second-order valence-corrected chi connectivity index (χ2v) is 6.78. The first kappa shape index (κ1) is 14.4. The van der Waals surface area contributed by atoms with Gasteiger partial charge in [-0.05, 0) is 75.9 Å². The lowest BCUT2D eigenvalue weighted by Crippen LogP contribution is -2.20. The summed E-state index contributed by atoms with van der Waals surface area (Å²) < 4.78 is 0. The minimum absolute atomic E-state index is 0.810. The van der Waals surface area contributed by atoms with Crippen LogP contribution in [0.2, 0.25) is 0 Å². The lowest BCUT2D eigenvalue weighted by atomic mass is 9.80. The van der Waals surface area contributed by atoms with E-state index in [1.807, 2.05) is 0 Å². The van der Waals surface area contributed by atoms with Gasteiger partial charge in [0.2, 0.25) is 0 Å². The standard InChI is InChI=1S/C18H29N/c1-12(2)18(15(5)19-11-16-8-9-16)17-10-13(3)6-7-14(17)4/h13,16,19H,5-11H2,1-4H3. The van der Waals surface area contributed by atoms with Crippen molar-refractivity contribution in [3.8, 4) is 0 Å². The van der Waals surface area contributed by atoms with Crippen LogP contribution < -0.4 is 5.32 Å². The second-order valence-electron chi connectivity index (χ2n) is 6.78. The van der Waals surface area contributed by atoms with Gasteiger partial charge in [0, 0.05) is 12.2 Å². The molecule has 0 saturated heterocycles. The van der Waals surface area contributed by atoms with Gasteiger partial charge < -0.3 is 5.32 Å². The van der Waals surface area contributed by atoms with Crippen molar-refractivity contribution < 1.29 is 0 Å². The zero-order valence-electron chi connectivity index (χ0n) is 13.1. The molecule has 0 amide bonds. The summed E-state index contributed by atoms with van der Waals surface area (Å²) >= 11 is 0. The molecule has 1 unspecified atom stereocenters. The first-order chi connectivity index (χ1) is 8.99. The van der Waals surface area contributed by atoms with Gasteiger partial charge in [-0.1, -0.05) is 24.6 Å². The van der Waals surface area contributed by atoms with E-state index in [2.05, 4.69) is 39.6 Å². The first-order valence-electron chi connectivity index (χ1n) is 7.78. The van der Waals surface area contributed by atoms with Crippen LogP contribution in [-0.4, -0.2) is 6.54 Å². The van der Waals surface area contributed by atoms with E-state index in [1.54, 1.807) is 11.1 Å². The molecule has 1 nitrogen and oxygen atoms in total. The van der Waals surface area contributed by atoms with Crippen LogP contribution >= 0.6 is 0 Å². The fraction of sp³-hybridized carbons (Fsp3) is 0.667. The van der Waals surface area contributed by atoms with Gasteiger partial charge in [0.15, 0.2) is 0 Å². The van der Waals surface area contributed by atoms with E-state index in [9.17, 15) is 0 Å². The number of allylic oxidation sites excluding steroid dienone is 3. The van der Waals surface area contributed by atoms with Crippen LogP contribution in [-0.2, 0) is 0 Å².